The zero-order valence-electron chi connectivity index (χ0n) is 18.7. The van der Waals surface area contributed by atoms with Gasteiger partial charge in [-0.1, -0.05) is 89.0 Å². The Hall–Kier alpha value is -2.10. The van der Waals surface area contributed by atoms with Gasteiger partial charge in [-0.15, -0.1) is 0 Å². The minimum Gasteiger partial charge on any atom is -0.478 e. The quantitative estimate of drug-likeness (QED) is 0.190. The van der Waals surface area contributed by atoms with Crippen LogP contribution in [0.5, 0.6) is 0 Å². The lowest BCUT2D eigenvalue weighted by Gasteiger charge is -2.09. The molecule has 2 N–H and O–H groups in total. The van der Waals surface area contributed by atoms with Crippen LogP contribution in [0.1, 0.15) is 123 Å². The highest BCUT2D eigenvalue weighted by molar-refractivity contribution is 6.02. The summed E-state index contributed by atoms with van der Waals surface area (Å²) in [6.07, 6.45) is 22.5. The highest BCUT2D eigenvalue weighted by atomic mass is 16.4. The van der Waals surface area contributed by atoms with E-state index in [-0.39, 0.29) is 11.1 Å². The van der Waals surface area contributed by atoms with Crippen molar-refractivity contribution in [2.75, 3.05) is 0 Å². The standard InChI is InChI=1S/C26H40O4/c1-2-3-4-5-6-7-8-9-10-11-12-13-14-15-16-17-19-22-20-18-21-23(25(27)28)24(22)26(29)30/h9-10,18,20-21H,2-8,11-17,19H2,1H3,(H,27,28)(H,29,30)/b10-9-. The summed E-state index contributed by atoms with van der Waals surface area (Å²) in [5.41, 5.74) is 0.445. The van der Waals surface area contributed by atoms with Crippen molar-refractivity contribution in [1.82, 2.24) is 0 Å². The largest absolute Gasteiger partial charge is 0.478 e. The molecule has 1 aromatic rings. The Morgan fingerprint density at radius 1 is 0.733 bits per heavy atom. The van der Waals surface area contributed by atoms with Crippen LogP contribution >= 0.6 is 0 Å². The molecular formula is C26H40O4. The van der Waals surface area contributed by atoms with E-state index in [1.165, 1.54) is 76.7 Å². The van der Waals surface area contributed by atoms with Gasteiger partial charge in [-0.25, -0.2) is 9.59 Å². The molecule has 0 aliphatic carbocycles. The smallest absolute Gasteiger partial charge is 0.336 e. The molecule has 0 aliphatic rings. The number of aryl methyl sites for hydroxylation is 1. The van der Waals surface area contributed by atoms with Crippen molar-refractivity contribution in [2.24, 2.45) is 0 Å². The fourth-order valence-electron chi connectivity index (χ4n) is 3.80. The number of allylic oxidation sites excluding steroid dienone is 2. The third-order valence-electron chi connectivity index (χ3n) is 5.55. The Balaban J connectivity index is 2.08. The molecular weight excluding hydrogens is 376 g/mol. The fourth-order valence-corrected chi connectivity index (χ4v) is 3.80. The third-order valence-corrected chi connectivity index (χ3v) is 5.55. The molecule has 0 bridgehead atoms. The maximum absolute atomic E-state index is 11.5. The summed E-state index contributed by atoms with van der Waals surface area (Å²) in [5.74, 6) is -2.34. The van der Waals surface area contributed by atoms with Crippen LogP contribution in [0.2, 0.25) is 0 Å². The second-order valence-corrected chi connectivity index (χ2v) is 8.14. The lowest BCUT2D eigenvalue weighted by atomic mass is 9.96. The van der Waals surface area contributed by atoms with Gasteiger partial charge in [0.15, 0.2) is 0 Å². The summed E-state index contributed by atoms with van der Waals surface area (Å²) in [7, 11) is 0. The van der Waals surface area contributed by atoms with E-state index in [1.807, 2.05) is 0 Å². The molecule has 1 rings (SSSR count). The number of aromatic carboxylic acids is 2. The molecule has 0 aliphatic heterocycles. The van der Waals surface area contributed by atoms with Crippen molar-refractivity contribution in [2.45, 2.75) is 103 Å². The van der Waals surface area contributed by atoms with Crippen molar-refractivity contribution in [3.8, 4) is 0 Å². The Bertz CT molecular complexity index is 648. The molecule has 30 heavy (non-hydrogen) atoms. The summed E-state index contributed by atoms with van der Waals surface area (Å²) in [6.45, 7) is 2.25. The van der Waals surface area contributed by atoms with Gasteiger partial charge < -0.3 is 10.2 Å². The molecule has 4 heteroatoms. The molecule has 1 aromatic carbocycles. The minimum atomic E-state index is -1.18. The number of carboxylic acids is 2. The SMILES string of the molecule is CCCCCCCC/C=C\CCCCCCCCc1cccc(C(=O)O)c1C(=O)O. The van der Waals surface area contributed by atoms with E-state index in [2.05, 4.69) is 19.1 Å². The van der Waals surface area contributed by atoms with Crippen LogP contribution in [0.25, 0.3) is 0 Å². The van der Waals surface area contributed by atoms with Crippen LogP contribution < -0.4 is 0 Å². The van der Waals surface area contributed by atoms with Crippen LogP contribution in [-0.4, -0.2) is 22.2 Å². The van der Waals surface area contributed by atoms with E-state index in [0.717, 1.165) is 19.3 Å². The number of hydrogen-bond donors (Lipinski definition) is 2. The molecule has 168 valence electrons. The summed E-state index contributed by atoms with van der Waals surface area (Å²) >= 11 is 0. The molecule has 0 unspecified atom stereocenters. The number of unbranched alkanes of at least 4 members (excludes halogenated alkanes) is 12. The van der Waals surface area contributed by atoms with Crippen molar-refractivity contribution < 1.29 is 19.8 Å². The first-order chi connectivity index (χ1) is 14.6. The average Bonchev–Trinajstić information content (AvgIpc) is 2.73. The number of carboxylic acid groups (broad SMARTS) is 2. The van der Waals surface area contributed by atoms with Crippen LogP contribution in [0.4, 0.5) is 0 Å². The first-order valence-corrected chi connectivity index (χ1v) is 11.8. The van der Waals surface area contributed by atoms with Gasteiger partial charge >= 0.3 is 11.9 Å². The molecule has 0 aromatic heterocycles. The molecule has 0 radical (unpaired) electrons. The van der Waals surface area contributed by atoms with Crippen molar-refractivity contribution in [1.29, 1.82) is 0 Å². The van der Waals surface area contributed by atoms with E-state index in [4.69, 9.17) is 0 Å². The summed E-state index contributed by atoms with van der Waals surface area (Å²) in [6, 6.07) is 4.72. The average molecular weight is 417 g/mol. The van der Waals surface area contributed by atoms with Gasteiger partial charge in [0.2, 0.25) is 0 Å². The molecule has 0 heterocycles. The minimum absolute atomic E-state index is 0.0576. The van der Waals surface area contributed by atoms with E-state index >= 15 is 0 Å². The third kappa shape index (κ3) is 11.2. The Morgan fingerprint density at radius 3 is 1.80 bits per heavy atom. The number of benzene rings is 1. The Morgan fingerprint density at radius 2 is 1.27 bits per heavy atom. The van der Waals surface area contributed by atoms with Crippen LogP contribution in [0.15, 0.2) is 30.4 Å². The molecule has 0 amide bonds. The van der Waals surface area contributed by atoms with Gasteiger partial charge in [-0.05, 0) is 50.2 Å². The summed E-state index contributed by atoms with van der Waals surface area (Å²) in [5, 5.41) is 18.5. The zero-order chi connectivity index (χ0) is 22.0. The number of carbonyl (C=O) groups is 2. The molecule has 0 atom stereocenters. The van der Waals surface area contributed by atoms with Crippen molar-refractivity contribution in [3.63, 3.8) is 0 Å². The van der Waals surface area contributed by atoms with Gasteiger partial charge in [-0.2, -0.15) is 0 Å². The Labute approximate surface area is 182 Å². The molecule has 4 nitrogen and oxygen atoms in total. The second-order valence-electron chi connectivity index (χ2n) is 8.14. The van der Waals surface area contributed by atoms with Gasteiger partial charge in [0.25, 0.3) is 0 Å². The zero-order valence-corrected chi connectivity index (χ0v) is 18.7. The summed E-state index contributed by atoms with van der Waals surface area (Å²) in [4.78, 5) is 22.7. The lowest BCUT2D eigenvalue weighted by Crippen LogP contribution is -2.11. The highest BCUT2D eigenvalue weighted by Crippen LogP contribution is 2.19. The van der Waals surface area contributed by atoms with Crippen molar-refractivity contribution >= 4 is 11.9 Å². The van der Waals surface area contributed by atoms with Crippen molar-refractivity contribution in [3.05, 3.63) is 47.0 Å². The first-order valence-electron chi connectivity index (χ1n) is 11.8. The van der Waals surface area contributed by atoms with E-state index in [1.54, 1.807) is 12.1 Å². The van der Waals surface area contributed by atoms with Crippen LogP contribution in [0.3, 0.4) is 0 Å². The monoisotopic (exact) mass is 416 g/mol. The number of rotatable bonds is 18. The van der Waals surface area contributed by atoms with Gasteiger partial charge in [0.1, 0.15) is 0 Å². The van der Waals surface area contributed by atoms with E-state index in [0.29, 0.717) is 12.0 Å². The van der Waals surface area contributed by atoms with E-state index in [9.17, 15) is 19.8 Å². The predicted molar refractivity (Wildman–Crippen MR) is 124 cm³/mol. The first kappa shape index (κ1) is 25.9. The molecule has 0 saturated carbocycles. The topological polar surface area (TPSA) is 74.6 Å². The normalized spacial score (nSPS) is 11.2. The lowest BCUT2D eigenvalue weighted by molar-refractivity contribution is 0.0650. The van der Waals surface area contributed by atoms with Crippen LogP contribution in [0, 0.1) is 0 Å². The second kappa shape index (κ2) is 16.7. The van der Waals surface area contributed by atoms with Gasteiger partial charge in [-0.3, -0.25) is 0 Å². The van der Waals surface area contributed by atoms with Gasteiger partial charge in [0.05, 0.1) is 11.1 Å². The number of hydrogen-bond acceptors (Lipinski definition) is 2. The highest BCUT2D eigenvalue weighted by Gasteiger charge is 2.19. The molecule has 0 spiro atoms. The van der Waals surface area contributed by atoms with E-state index < -0.39 is 11.9 Å². The van der Waals surface area contributed by atoms with Crippen LogP contribution in [-0.2, 0) is 6.42 Å². The predicted octanol–water partition coefficient (Wildman–Crippen LogP) is 7.66. The summed E-state index contributed by atoms with van der Waals surface area (Å²) < 4.78 is 0. The molecule has 0 saturated heterocycles. The maximum Gasteiger partial charge on any atom is 0.336 e. The fraction of sp³-hybridized carbons (Fsp3) is 0.615. The molecule has 0 fully saturated rings. The van der Waals surface area contributed by atoms with Gasteiger partial charge in [0, 0.05) is 0 Å². The maximum atomic E-state index is 11.5. The Kier molecular flexibility index (Phi) is 14.4.